The molecule has 34 heavy (non-hydrogen) atoms. The fourth-order valence-electron chi connectivity index (χ4n) is 3.97. The lowest BCUT2D eigenvalue weighted by Gasteiger charge is -2.20. The zero-order valence-electron chi connectivity index (χ0n) is 19.0. The van der Waals surface area contributed by atoms with E-state index in [1.54, 1.807) is 19.3 Å². The van der Waals surface area contributed by atoms with Gasteiger partial charge in [-0.3, -0.25) is 9.69 Å². The lowest BCUT2D eigenvalue weighted by molar-refractivity contribution is -0.138. The molecule has 1 aliphatic rings. The minimum Gasteiger partial charge on any atom is -0.392 e. The van der Waals surface area contributed by atoms with Gasteiger partial charge in [-0.05, 0) is 48.2 Å². The molecule has 11 heteroatoms. The SMILES string of the molecule is CC(O)CNc1cc(C(C)Cc2nncn2C)cc(N2Cc3c(cccc3C(F)(F)F)C2=O)n1. The van der Waals surface area contributed by atoms with Crippen LogP contribution >= 0.6 is 0 Å². The minimum atomic E-state index is -4.56. The van der Waals surface area contributed by atoms with E-state index >= 15 is 0 Å². The number of pyridine rings is 1. The number of nitrogens with one attached hydrogen (secondary N) is 1. The van der Waals surface area contributed by atoms with Crippen LogP contribution in [0.25, 0.3) is 0 Å². The van der Waals surface area contributed by atoms with Gasteiger partial charge >= 0.3 is 6.18 Å². The van der Waals surface area contributed by atoms with E-state index in [4.69, 9.17) is 0 Å². The highest BCUT2D eigenvalue weighted by molar-refractivity contribution is 6.10. The number of aliphatic hydroxyl groups excluding tert-OH is 1. The summed E-state index contributed by atoms with van der Waals surface area (Å²) in [5.74, 6) is 0.835. The van der Waals surface area contributed by atoms with Gasteiger partial charge in [-0.2, -0.15) is 13.2 Å². The van der Waals surface area contributed by atoms with E-state index in [-0.39, 0.29) is 36.0 Å². The molecule has 0 spiro atoms. The molecule has 0 saturated carbocycles. The van der Waals surface area contributed by atoms with Crippen LogP contribution in [0.1, 0.15) is 52.6 Å². The number of benzene rings is 1. The number of amides is 1. The van der Waals surface area contributed by atoms with Crippen molar-refractivity contribution in [3.05, 3.63) is 64.7 Å². The van der Waals surface area contributed by atoms with Gasteiger partial charge in [0.05, 0.1) is 18.2 Å². The Kier molecular flexibility index (Phi) is 6.30. The number of aryl methyl sites for hydroxylation is 1. The topological polar surface area (TPSA) is 96.2 Å². The number of aliphatic hydroxyl groups is 1. The minimum absolute atomic E-state index is 0.0210. The summed E-state index contributed by atoms with van der Waals surface area (Å²) >= 11 is 0. The molecule has 3 heterocycles. The first-order valence-corrected chi connectivity index (χ1v) is 10.8. The Morgan fingerprint density at radius 3 is 2.65 bits per heavy atom. The standard InChI is InChI=1S/C23H25F3N6O2/c1-13(7-21-30-28-12-31(21)3)15-8-19(27-10-14(2)33)29-20(9-15)32-11-17-16(22(32)34)5-4-6-18(17)23(24,25)26/h4-6,8-9,12-14,33H,7,10-11H2,1-3H3,(H,27,29). The molecule has 8 nitrogen and oxygen atoms in total. The molecular formula is C23H25F3N6O2. The Bertz CT molecular complexity index is 1210. The first kappa shape index (κ1) is 23.7. The molecule has 180 valence electrons. The van der Waals surface area contributed by atoms with Crippen molar-refractivity contribution in [2.45, 2.75) is 45.0 Å². The Morgan fingerprint density at radius 1 is 1.24 bits per heavy atom. The smallest absolute Gasteiger partial charge is 0.392 e. The molecule has 3 aromatic rings. The fourth-order valence-corrected chi connectivity index (χ4v) is 3.97. The quantitative estimate of drug-likeness (QED) is 0.544. The number of fused-ring (bicyclic) bond motifs is 1. The van der Waals surface area contributed by atoms with Crippen molar-refractivity contribution in [1.29, 1.82) is 0 Å². The number of anilines is 2. The second kappa shape index (κ2) is 9.05. The fraction of sp³-hybridized carbons (Fsp3) is 0.391. The third kappa shape index (κ3) is 4.74. The zero-order valence-corrected chi connectivity index (χ0v) is 19.0. The van der Waals surface area contributed by atoms with Crippen LogP contribution in [-0.2, 0) is 26.2 Å². The average Bonchev–Trinajstić information content (AvgIpc) is 3.34. The van der Waals surface area contributed by atoms with Gasteiger partial charge in [0.1, 0.15) is 23.8 Å². The largest absolute Gasteiger partial charge is 0.416 e. The molecule has 1 amide bonds. The van der Waals surface area contributed by atoms with Crippen LogP contribution in [0, 0.1) is 0 Å². The summed E-state index contributed by atoms with van der Waals surface area (Å²) in [5.41, 5.74) is -0.0357. The number of carbonyl (C=O) groups is 1. The van der Waals surface area contributed by atoms with Crippen molar-refractivity contribution in [2.75, 3.05) is 16.8 Å². The highest BCUT2D eigenvalue weighted by Crippen LogP contribution is 2.39. The summed E-state index contributed by atoms with van der Waals surface area (Å²) in [6.07, 6.45) is -3.04. The van der Waals surface area contributed by atoms with Crippen LogP contribution in [0.2, 0.25) is 0 Å². The molecule has 1 aliphatic heterocycles. The maximum atomic E-state index is 13.5. The summed E-state index contributed by atoms with van der Waals surface area (Å²) in [5, 5.41) is 20.7. The predicted molar refractivity (Wildman–Crippen MR) is 119 cm³/mol. The van der Waals surface area contributed by atoms with E-state index in [0.29, 0.717) is 12.2 Å². The van der Waals surface area contributed by atoms with Gasteiger partial charge in [0, 0.05) is 25.6 Å². The van der Waals surface area contributed by atoms with Crippen molar-refractivity contribution in [3.8, 4) is 0 Å². The number of rotatable bonds is 7. The van der Waals surface area contributed by atoms with Crippen molar-refractivity contribution < 1.29 is 23.1 Å². The predicted octanol–water partition coefficient (Wildman–Crippen LogP) is 3.53. The number of hydrogen-bond acceptors (Lipinski definition) is 6. The van der Waals surface area contributed by atoms with Crippen LogP contribution in [0.15, 0.2) is 36.7 Å². The molecule has 2 aromatic heterocycles. The Hall–Kier alpha value is -3.47. The first-order chi connectivity index (χ1) is 16.0. The molecular weight excluding hydrogens is 449 g/mol. The van der Waals surface area contributed by atoms with Gasteiger partial charge in [-0.1, -0.05) is 13.0 Å². The summed E-state index contributed by atoms with van der Waals surface area (Å²) < 4.78 is 42.4. The van der Waals surface area contributed by atoms with Gasteiger partial charge in [0.2, 0.25) is 0 Å². The van der Waals surface area contributed by atoms with E-state index < -0.39 is 23.8 Å². The second-order valence-electron chi connectivity index (χ2n) is 8.56. The molecule has 2 atom stereocenters. The number of halogens is 3. The molecule has 0 fully saturated rings. The summed E-state index contributed by atoms with van der Waals surface area (Å²) in [6.45, 7) is 3.59. The third-order valence-corrected chi connectivity index (χ3v) is 5.83. The molecule has 0 bridgehead atoms. The van der Waals surface area contributed by atoms with E-state index in [1.165, 1.54) is 17.0 Å². The number of nitrogens with zero attached hydrogens (tertiary/aromatic N) is 5. The monoisotopic (exact) mass is 474 g/mol. The third-order valence-electron chi connectivity index (χ3n) is 5.83. The van der Waals surface area contributed by atoms with Gasteiger partial charge < -0.3 is 15.0 Å². The molecule has 4 rings (SSSR count). The molecule has 0 saturated heterocycles. The highest BCUT2D eigenvalue weighted by atomic mass is 19.4. The Morgan fingerprint density at radius 2 is 2.00 bits per heavy atom. The number of hydrogen-bond donors (Lipinski definition) is 2. The summed E-state index contributed by atoms with van der Waals surface area (Å²) in [6, 6.07) is 7.15. The van der Waals surface area contributed by atoms with E-state index in [1.807, 2.05) is 24.6 Å². The molecule has 0 aliphatic carbocycles. The van der Waals surface area contributed by atoms with Crippen LogP contribution in [-0.4, -0.2) is 43.4 Å². The maximum Gasteiger partial charge on any atom is 0.416 e. The van der Waals surface area contributed by atoms with Gasteiger partial charge in [0.25, 0.3) is 5.91 Å². The summed E-state index contributed by atoms with van der Waals surface area (Å²) in [7, 11) is 1.84. The van der Waals surface area contributed by atoms with Gasteiger partial charge in [0.15, 0.2) is 0 Å². The maximum absolute atomic E-state index is 13.5. The molecule has 1 aromatic carbocycles. The highest BCUT2D eigenvalue weighted by Gasteiger charge is 2.40. The van der Waals surface area contributed by atoms with Gasteiger partial charge in [-0.25, -0.2) is 4.98 Å². The number of alkyl halides is 3. The second-order valence-corrected chi connectivity index (χ2v) is 8.56. The number of aromatic nitrogens is 4. The van der Waals surface area contributed by atoms with Crippen LogP contribution < -0.4 is 10.2 Å². The Balaban J connectivity index is 1.70. The van der Waals surface area contributed by atoms with Crippen molar-refractivity contribution in [3.63, 3.8) is 0 Å². The Labute approximate surface area is 194 Å². The molecule has 2 unspecified atom stereocenters. The van der Waals surface area contributed by atoms with Crippen molar-refractivity contribution in [1.82, 2.24) is 19.7 Å². The lowest BCUT2D eigenvalue weighted by Crippen LogP contribution is -2.25. The van der Waals surface area contributed by atoms with Crippen LogP contribution in [0.5, 0.6) is 0 Å². The van der Waals surface area contributed by atoms with Crippen molar-refractivity contribution in [2.24, 2.45) is 7.05 Å². The molecule has 0 radical (unpaired) electrons. The lowest BCUT2D eigenvalue weighted by atomic mass is 9.98. The first-order valence-electron chi connectivity index (χ1n) is 10.8. The van der Waals surface area contributed by atoms with Crippen LogP contribution in [0.3, 0.4) is 0 Å². The molecule has 2 N–H and O–H groups in total. The number of carbonyl (C=O) groups excluding carboxylic acids is 1. The van der Waals surface area contributed by atoms with E-state index in [0.717, 1.165) is 17.5 Å². The average molecular weight is 474 g/mol. The summed E-state index contributed by atoms with van der Waals surface area (Å²) in [4.78, 5) is 18.8. The van der Waals surface area contributed by atoms with E-state index in [2.05, 4.69) is 20.5 Å². The zero-order chi connectivity index (χ0) is 24.6. The van der Waals surface area contributed by atoms with Crippen LogP contribution in [0.4, 0.5) is 24.8 Å². The van der Waals surface area contributed by atoms with Gasteiger partial charge in [-0.15, -0.1) is 10.2 Å². The van der Waals surface area contributed by atoms with Crippen molar-refractivity contribution >= 4 is 17.5 Å². The van der Waals surface area contributed by atoms with E-state index in [9.17, 15) is 23.1 Å². The normalized spacial score (nSPS) is 15.4.